The molecule has 0 aromatic heterocycles. The lowest BCUT2D eigenvalue weighted by Gasteiger charge is -2.26. The number of barbiturate groups is 1. The highest BCUT2D eigenvalue weighted by molar-refractivity contribution is 6.39. The number of imide groups is 2. The van der Waals surface area contributed by atoms with Crippen LogP contribution < -0.4 is 15.0 Å². The number of hydrogen-bond donors (Lipinski definition) is 1. The van der Waals surface area contributed by atoms with Gasteiger partial charge in [-0.3, -0.25) is 14.9 Å². The second kappa shape index (κ2) is 9.46. The van der Waals surface area contributed by atoms with Gasteiger partial charge in [-0.15, -0.1) is 0 Å². The van der Waals surface area contributed by atoms with Gasteiger partial charge in [0.1, 0.15) is 23.7 Å². The zero-order valence-corrected chi connectivity index (χ0v) is 19.3. The van der Waals surface area contributed by atoms with Gasteiger partial charge in [-0.05, 0) is 59.7 Å². The second-order valence-electron chi connectivity index (χ2n) is 8.41. The lowest BCUT2D eigenvalue weighted by atomic mass is 9.99. The number of aryl methyl sites for hydroxylation is 1. The van der Waals surface area contributed by atoms with Gasteiger partial charge in [-0.1, -0.05) is 60.2 Å². The van der Waals surface area contributed by atoms with Crippen molar-refractivity contribution >= 4 is 40.4 Å². The van der Waals surface area contributed by atoms with Crippen LogP contribution in [0.2, 0.25) is 0 Å². The minimum absolute atomic E-state index is 0.145. The summed E-state index contributed by atoms with van der Waals surface area (Å²) in [5.74, 6) is -1.66. The van der Waals surface area contributed by atoms with E-state index in [2.05, 4.69) is 5.32 Å². The summed E-state index contributed by atoms with van der Waals surface area (Å²) in [6, 6.07) is 23.1. The SMILES string of the molecule is Cc1ccc(COc2ccc3ccccc3c2/C=C2\C(=O)NC(=O)N(c3ccc(F)cc3)C2=O)cc1. The van der Waals surface area contributed by atoms with Crippen LogP contribution in [0.3, 0.4) is 0 Å². The van der Waals surface area contributed by atoms with E-state index in [1.54, 1.807) is 6.07 Å². The van der Waals surface area contributed by atoms with Gasteiger partial charge in [0.15, 0.2) is 0 Å². The highest BCUT2D eigenvalue weighted by Gasteiger charge is 2.37. The standard InChI is InChI=1S/C29H21FN2O4/c1-18-6-8-19(9-7-18)17-36-26-15-10-20-4-2-3-5-23(20)24(26)16-25-27(33)31-29(35)32(28(25)34)22-13-11-21(30)12-14-22/h2-16H,17H2,1H3,(H,31,33,35)/b25-16+. The number of carbonyl (C=O) groups is 3. The first-order valence-electron chi connectivity index (χ1n) is 11.3. The van der Waals surface area contributed by atoms with Crippen molar-refractivity contribution in [2.75, 3.05) is 4.90 Å². The molecule has 6 nitrogen and oxygen atoms in total. The van der Waals surface area contributed by atoms with Crippen LogP contribution in [0, 0.1) is 12.7 Å². The lowest BCUT2D eigenvalue weighted by Crippen LogP contribution is -2.54. The van der Waals surface area contributed by atoms with Crippen LogP contribution in [0.5, 0.6) is 5.75 Å². The third kappa shape index (κ3) is 4.46. The monoisotopic (exact) mass is 480 g/mol. The number of carbonyl (C=O) groups excluding carboxylic acids is 3. The van der Waals surface area contributed by atoms with Gasteiger partial charge >= 0.3 is 6.03 Å². The van der Waals surface area contributed by atoms with Gasteiger partial charge in [0.05, 0.1) is 5.69 Å². The molecule has 0 bridgehead atoms. The fourth-order valence-electron chi connectivity index (χ4n) is 4.02. The summed E-state index contributed by atoms with van der Waals surface area (Å²) < 4.78 is 19.5. The highest BCUT2D eigenvalue weighted by Crippen LogP contribution is 2.32. The van der Waals surface area contributed by atoms with E-state index in [1.165, 1.54) is 18.2 Å². The van der Waals surface area contributed by atoms with Crippen LogP contribution in [-0.4, -0.2) is 17.8 Å². The molecule has 0 radical (unpaired) electrons. The van der Waals surface area contributed by atoms with Gasteiger partial charge < -0.3 is 4.74 Å². The van der Waals surface area contributed by atoms with Crippen molar-refractivity contribution in [2.45, 2.75) is 13.5 Å². The van der Waals surface area contributed by atoms with Crippen molar-refractivity contribution < 1.29 is 23.5 Å². The maximum Gasteiger partial charge on any atom is 0.335 e. The summed E-state index contributed by atoms with van der Waals surface area (Å²) in [5.41, 5.74) is 2.54. The fraction of sp³-hybridized carbons (Fsp3) is 0.0690. The molecule has 1 N–H and O–H groups in total. The Balaban J connectivity index is 1.57. The maximum atomic E-state index is 13.4. The molecule has 0 spiro atoms. The molecule has 0 aliphatic carbocycles. The Morgan fingerprint density at radius 3 is 2.36 bits per heavy atom. The molecular formula is C29H21FN2O4. The van der Waals surface area contributed by atoms with Crippen LogP contribution in [0.15, 0.2) is 90.5 Å². The number of nitrogens with zero attached hydrogens (tertiary/aromatic N) is 1. The molecule has 1 heterocycles. The Bertz CT molecular complexity index is 1530. The van der Waals surface area contributed by atoms with Crippen molar-refractivity contribution in [3.8, 4) is 5.75 Å². The van der Waals surface area contributed by atoms with E-state index in [0.717, 1.165) is 38.9 Å². The number of benzene rings is 4. The number of urea groups is 1. The molecule has 7 heteroatoms. The second-order valence-corrected chi connectivity index (χ2v) is 8.41. The van der Waals surface area contributed by atoms with Crippen LogP contribution in [0.25, 0.3) is 16.8 Å². The zero-order valence-electron chi connectivity index (χ0n) is 19.3. The predicted molar refractivity (Wildman–Crippen MR) is 135 cm³/mol. The minimum Gasteiger partial charge on any atom is -0.488 e. The summed E-state index contributed by atoms with van der Waals surface area (Å²) in [4.78, 5) is 39.4. The average molecular weight is 480 g/mol. The van der Waals surface area contributed by atoms with Crippen LogP contribution in [0.1, 0.15) is 16.7 Å². The van der Waals surface area contributed by atoms with Crippen LogP contribution >= 0.6 is 0 Å². The molecular weight excluding hydrogens is 459 g/mol. The number of nitrogens with one attached hydrogen (secondary N) is 1. The molecule has 1 fully saturated rings. The number of amides is 4. The molecule has 0 atom stereocenters. The Labute approximate surface area is 206 Å². The van der Waals surface area contributed by atoms with Gasteiger partial charge in [0.2, 0.25) is 0 Å². The molecule has 1 saturated heterocycles. The number of anilines is 1. The quantitative estimate of drug-likeness (QED) is 0.301. The normalized spacial score (nSPS) is 14.9. The van der Waals surface area contributed by atoms with E-state index in [1.807, 2.05) is 61.5 Å². The van der Waals surface area contributed by atoms with Crippen molar-refractivity contribution in [1.29, 1.82) is 0 Å². The predicted octanol–water partition coefficient (Wildman–Crippen LogP) is 5.53. The first kappa shape index (κ1) is 23.0. The molecule has 4 aromatic rings. The van der Waals surface area contributed by atoms with E-state index >= 15 is 0 Å². The number of halogens is 1. The summed E-state index contributed by atoms with van der Waals surface area (Å²) in [6.07, 6.45) is 1.44. The third-order valence-electron chi connectivity index (χ3n) is 5.92. The van der Waals surface area contributed by atoms with Crippen molar-refractivity contribution in [1.82, 2.24) is 5.32 Å². The number of hydrogen-bond acceptors (Lipinski definition) is 4. The Kier molecular flexibility index (Phi) is 6.04. The first-order valence-corrected chi connectivity index (χ1v) is 11.3. The molecule has 1 aliphatic heterocycles. The molecule has 5 rings (SSSR count). The van der Waals surface area contributed by atoms with Gasteiger partial charge in [-0.25, -0.2) is 14.1 Å². The molecule has 4 amide bonds. The summed E-state index contributed by atoms with van der Waals surface area (Å²) in [5, 5.41) is 3.86. The Morgan fingerprint density at radius 1 is 0.889 bits per heavy atom. The summed E-state index contributed by atoms with van der Waals surface area (Å²) >= 11 is 0. The Morgan fingerprint density at radius 2 is 1.61 bits per heavy atom. The van der Waals surface area contributed by atoms with E-state index in [4.69, 9.17) is 4.74 Å². The lowest BCUT2D eigenvalue weighted by molar-refractivity contribution is -0.122. The van der Waals surface area contributed by atoms with Gasteiger partial charge in [0, 0.05) is 5.56 Å². The topological polar surface area (TPSA) is 75.7 Å². The molecule has 0 unspecified atom stereocenters. The van der Waals surface area contributed by atoms with Crippen LogP contribution in [-0.2, 0) is 16.2 Å². The van der Waals surface area contributed by atoms with E-state index in [-0.39, 0.29) is 17.9 Å². The molecule has 36 heavy (non-hydrogen) atoms. The van der Waals surface area contributed by atoms with E-state index < -0.39 is 23.7 Å². The molecule has 4 aromatic carbocycles. The van der Waals surface area contributed by atoms with E-state index in [0.29, 0.717) is 11.3 Å². The summed E-state index contributed by atoms with van der Waals surface area (Å²) in [6.45, 7) is 2.29. The zero-order chi connectivity index (χ0) is 25.2. The van der Waals surface area contributed by atoms with Gasteiger partial charge in [-0.2, -0.15) is 0 Å². The highest BCUT2D eigenvalue weighted by atomic mass is 19.1. The number of rotatable bonds is 5. The molecule has 178 valence electrons. The van der Waals surface area contributed by atoms with Crippen LogP contribution in [0.4, 0.5) is 14.9 Å². The third-order valence-corrected chi connectivity index (χ3v) is 5.92. The summed E-state index contributed by atoms with van der Waals surface area (Å²) in [7, 11) is 0. The largest absolute Gasteiger partial charge is 0.488 e. The number of ether oxygens (including phenoxy) is 1. The Hall–Kier alpha value is -4.78. The van der Waals surface area contributed by atoms with Gasteiger partial charge in [0.25, 0.3) is 11.8 Å². The fourth-order valence-corrected chi connectivity index (χ4v) is 4.02. The van der Waals surface area contributed by atoms with Crippen molar-refractivity contribution in [2.24, 2.45) is 0 Å². The maximum absolute atomic E-state index is 13.4. The first-order chi connectivity index (χ1) is 17.4. The van der Waals surface area contributed by atoms with E-state index in [9.17, 15) is 18.8 Å². The average Bonchev–Trinajstić information content (AvgIpc) is 2.87. The number of fused-ring (bicyclic) bond motifs is 1. The molecule has 1 aliphatic rings. The minimum atomic E-state index is -0.900. The van der Waals surface area contributed by atoms with Crippen molar-refractivity contribution in [3.63, 3.8) is 0 Å². The molecule has 0 saturated carbocycles. The smallest absolute Gasteiger partial charge is 0.335 e. The van der Waals surface area contributed by atoms with Crippen molar-refractivity contribution in [3.05, 3.63) is 113 Å².